The lowest BCUT2D eigenvalue weighted by Gasteiger charge is -2.15. The van der Waals surface area contributed by atoms with Gasteiger partial charge < -0.3 is 5.73 Å². The van der Waals surface area contributed by atoms with Crippen LogP contribution in [0.5, 0.6) is 0 Å². The number of nitrogens with two attached hydrogens (primary N) is 1. The van der Waals surface area contributed by atoms with Gasteiger partial charge in [0.25, 0.3) is 0 Å². The van der Waals surface area contributed by atoms with Crippen LogP contribution in [0.2, 0.25) is 10.0 Å². The summed E-state index contributed by atoms with van der Waals surface area (Å²) in [5.74, 6) is 0. The van der Waals surface area contributed by atoms with Gasteiger partial charge in [-0.2, -0.15) is 0 Å². The molecule has 0 heterocycles. The Morgan fingerprint density at radius 3 is 2.40 bits per heavy atom. The standard InChI is InChI=1S/C17H19Cl2N/c1-2-3-5-12-8-10-13(11-9-12)17(20)14-6-4-7-15(18)16(14)19/h4,6-11,17H,2-3,5,20H2,1H3. The summed E-state index contributed by atoms with van der Waals surface area (Å²) in [4.78, 5) is 0. The minimum absolute atomic E-state index is 0.249. The van der Waals surface area contributed by atoms with Crippen LogP contribution >= 0.6 is 23.2 Å². The van der Waals surface area contributed by atoms with Gasteiger partial charge in [0, 0.05) is 0 Å². The summed E-state index contributed by atoms with van der Waals surface area (Å²) < 4.78 is 0. The molecule has 0 saturated carbocycles. The maximum atomic E-state index is 6.29. The molecule has 1 nitrogen and oxygen atoms in total. The number of rotatable bonds is 5. The summed E-state index contributed by atoms with van der Waals surface area (Å²) in [6.07, 6.45) is 3.54. The van der Waals surface area contributed by atoms with Gasteiger partial charge >= 0.3 is 0 Å². The fraction of sp³-hybridized carbons (Fsp3) is 0.294. The molecule has 0 fully saturated rings. The van der Waals surface area contributed by atoms with Crippen molar-refractivity contribution in [3.63, 3.8) is 0 Å². The van der Waals surface area contributed by atoms with Crippen LogP contribution in [0.3, 0.4) is 0 Å². The van der Waals surface area contributed by atoms with Crippen LogP contribution in [0, 0.1) is 0 Å². The predicted molar refractivity (Wildman–Crippen MR) is 87.5 cm³/mol. The topological polar surface area (TPSA) is 26.0 Å². The van der Waals surface area contributed by atoms with Crippen LogP contribution < -0.4 is 5.73 Å². The zero-order valence-electron chi connectivity index (χ0n) is 11.6. The minimum Gasteiger partial charge on any atom is -0.320 e. The van der Waals surface area contributed by atoms with Crippen LogP contribution in [-0.4, -0.2) is 0 Å². The molecule has 0 aliphatic rings. The minimum atomic E-state index is -0.249. The van der Waals surface area contributed by atoms with Crippen molar-refractivity contribution >= 4 is 23.2 Å². The highest BCUT2D eigenvalue weighted by molar-refractivity contribution is 6.42. The van der Waals surface area contributed by atoms with Crippen molar-refractivity contribution in [1.29, 1.82) is 0 Å². The van der Waals surface area contributed by atoms with Gasteiger partial charge in [0.05, 0.1) is 16.1 Å². The molecule has 106 valence electrons. The monoisotopic (exact) mass is 307 g/mol. The Morgan fingerprint density at radius 2 is 1.75 bits per heavy atom. The van der Waals surface area contributed by atoms with E-state index in [9.17, 15) is 0 Å². The van der Waals surface area contributed by atoms with E-state index in [1.54, 1.807) is 6.07 Å². The Balaban J connectivity index is 2.20. The second-order valence-electron chi connectivity index (χ2n) is 4.97. The third-order valence-corrected chi connectivity index (χ3v) is 4.31. The van der Waals surface area contributed by atoms with Gasteiger partial charge in [0.15, 0.2) is 0 Å². The highest BCUT2D eigenvalue weighted by atomic mass is 35.5. The number of hydrogen-bond acceptors (Lipinski definition) is 1. The molecule has 20 heavy (non-hydrogen) atoms. The summed E-state index contributed by atoms with van der Waals surface area (Å²) in [6.45, 7) is 2.20. The molecule has 1 unspecified atom stereocenters. The fourth-order valence-corrected chi connectivity index (χ4v) is 2.64. The Morgan fingerprint density at radius 1 is 1.05 bits per heavy atom. The number of benzene rings is 2. The quantitative estimate of drug-likeness (QED) is 0.788. The molecule has 0 radical (unpaired) electrons. The molecule has 0 saturated heterocycles. The average Bonchev–Trinajstić information content (AvgIpc) is 2.48. The van der Waals surface area contributed by atoms with Gasteiger partial charge in [-0.05, 0) is 35.6 Å². The molecule has 0 aliphatic carbocycles. The van der Waals surface area contributed by atoms with Gasteiger partial charge in [-0.15, -0.1) is 0 Å². The van der Waals surface area contributed by atoms with E-state index in [4.69, 9.17) is 28.9 Å². The SMILES string of the molecule is CCCCc1ccc(C(N)c2cccc(Cl)c2Cl)cc1. The van der Waals surface area contributed by atoms with Gasteiger partial charge in [0.1, 0.15) is 0 Å². The van der Waals surface area contributed by atoms with Gasteiger partial charge in [0.2, 0.25) is 0 Å². The summed E-state index contributed by atoms with van der Waals surface area (Å²) in [6, 6.07) is 13.8. The summed E-state index contributed by atoms with van der Waals surface area (Å²) in [7, 11) is 0. The first-order chi connectivity index (χ1) is 9.63. The smallest absolute Gasteiger partial charge is 0.0643 e. The third kappa shape index (κ3) is 3.54. The number of halogens is 2. The highest BCUT2D eigenvalue weighted by Crippen LogP contribution is 2.31. The second kappa shape index (κ2) is 7.12. The van der Waals surface area contributed by atoms with Crippen molar-refractivity contribution < 1.29 is 0 Å². The van der Waals surface area contributed by atoms with Crippen LogP contribution in [0.4, 0.5) is 0 Å². The first-order valence-corrected chi connectivity index (χ1v) is 7.67. The number of hydrogen-bond donors (Lipinski definition) is 1. The Bertz CT molecular complexity index is 564. The Labute approximate surface area is 130 Å². The molecule has 3 heteroatoms. The van der Waals surface area contributed by atoms with Crippen molar-refractivity contribution in [2.24, 2.45) is 5.73 Å². The zero-order valence-corrected chi connectivity index (χ0v) is 13.1. The van der Waals surface area contributed by atoms with Crippen LogP contribution in [0.25, 0.3) is 0 Å². The summed E-state index contributed by atoms with van der Waals surface area (Å²) >= 11 is 12.3. The lowest BCUT2D eigenvalue weighted by Crippen LogP contribution is -2.12. The van der Waals surface area contributed by atoms with Crippen molar-refractivity contribution in [2.75, 3.05) is 0 Å². The van der Waals surface area contributed by atoms with Crippen molar-refractivity contribution in [3.05, 3.63) is 69.2 Å². The first-order valence-electron chi connectivity index (χ1n) is 6.91. The number of aryl methyl sites for hydroxylation is 1. The first kappa shape index (κ1) is 15.4. The molecule has 0 aliphatic heterocycles. The molecule has 2 aromatic rings. The van der Waals surface area contributed by atoms with Crippen molar-refractivity contribution in [1.82, 2.24) is 0 Å². The lowest BCUT2D eigenvalue weighted by atomic mass is 9.97. The van der Waals surface area contributed by atoms with Crippen LogP contribution in [-0.2, 0) is 6.42 Å². The normalized spacial score (nSPS) is 12.4. The van der Waals surface area contributed by atoms with E-state index in [-0.39, 0.29) is 6.04 Å². The highest BCUT2D eigenvalue weighted by Gasteiger charge is 2.14. The van der Waals surface area contributed by atoms with E-state index >= 15 is 0 Å². The van der Waals surface area contributed by atoms with Gasteiger partial charge in [-0.3, -0.25) is 0 Å². The van der Waals surface area contributed by atoms with E-state index in [0.29, 0.717) is 10.0 Å². The van der Waals surface area contributed by atoms with E-state index < -0.39 is 0 Å². The maximum Gasteiger partial charge on any atom is 0.0643 e. The molecule has 0 aromatic heterocycles. The van der Waals surface area contributed by atoms with Crippen molar-refractivity contribution in [2.45, 2.75) is 32.2 Å². The average molecular weight is 308 g/mol. The van der Waals surface area contributed by atoms with E-state index in [1.165, 1.54) is 18.4 Å². The molecule has 2 N–H and O–H groups in total. The largest absolute Gasteiger partial charge is 0.320 e. The summed E-state index contributed by atoms with van der Waals surface area (Å²) in [5, 5.41) is 1.08. The molecule has 2 aromatic carbocycles. The maximum absolute atomic E-state index is 6.29. The van der Waals surface area contributed by atoms with Gasteiger partial charge in [-0.1, -0.05) is 72.9 Å². The molecule has 0 spiro atoms. The van der Waals surface area contributed by atoms with E-state index in [0.717, 1.165) is 17.5 Å². The van der Waals surface area contributed by atoms with E-state index in [2.05, 4.69) is 31.2 Å². The zero-order chi connectivity index (χ0) is 14.5. The molecule has 0 amide bonds. The Kier molecular flexibility index (Phi) is 5.47. The molecule has 2 rings (SSSR count). The van der Waals surface area contributed by atoms with Gasteiger partial charge in [-0.25, -0.2) is 0 Å². The van der Waals surface area contributed by atoms with E-state index in [1.807, 2.05) is 12.1 Å². The predicted octanol–water partition coefficient (Wildman–Crippen LogP) is 5.38. The second-order valence-corrected chi connectivity index (χ2v) is 5.75. The third-order valence-electron chi connectivity index (χ3n) is 3.47. The van der Waals surface area contributed by atoms with Crippen LogP contribution in [0.1, 0.15) is 42.5 Å². The lowest BCUT2D eigenvalue weighted by molar-refractivity contribution is 0.793. The van der Waals surface area contributed by atoms with Crippen molar-refractivity contribution in [3.8, 4) is 0 Å². The fourth-order valence-electron chi connectivity index (χ4n) is 2.21. The molecule has 1 atom stereocenters. The van der Waals surface area contributed by atoms with Crippen LogP contribution in [0.15, 0.2) is 42.5 Å². The Hall–Kier alpha value is -1.02. The summed E-state index contributed by atoms with van der Waals surface area (Å²) in [5.41, 5.74) is 9.55. The molecule has 0 bridgehead atoms. The number of unbranched alkanes of at least 4 members (excludes halogenated alkanes) is 1. The molecular weight excluding hydrogens is 289 g/mol. The molecular formula is C17H19Cl2N.